The van der Waals surface area contributed by atoms with Crippen molar-refractivity contribution < 1.29 is 29.3 Å². The summed E-state index contributed by atoms with van der Waals surface area (Å²) >= 11 is 17.9. The van der Waals surface area contributed by atoms with Crippen molar-refractivity contribution in [1.82, 2.24) is 0 Å². The van der Waals surface area contributed by atoms with E-state index >= 15 is 0 Å². The number of methoxy groups -OCH3 is 1. The van der Waals surface area contributed by atoms with Crippen LogP contribution in [0.25, 0.3) is 5.53 Å². The number of aliphatic hydroxyl groups excluding tert-OH is 1. The van der Waals surface area contributed by atoms with Crippen molar-refractivity contribution in [2.24, 2.45) is 0 Å². The van der Waals surface area contributed by atoms with E-state index in [9.17, 15) is 9.59 Å². The van der Waals surface area contributed by atoms with Gasteiger partial charge in [0, 0.05) is 17.2 Å². The number of esters is 1. The van der Waals surface area contributed by atoms with Gasteiger partial charge in [-0.15, -0.1) is 0 Å². The summed E-state index contributed by atoms with van der Waals surface area (Å²) in [5.41, 5.74) is 9.30. The number of hydrogen-bond donors (Lipinski definition) is 2. The van der Waals surface area contributed by atoms with Crippen molar-refractivity contribution in [3.63, 3.8) is 0 Å². The van der Waals surface area contributed by atoms with Gasteiger partial charge in [-0.2, -0.15) is 4.79 Å². The highest BCUT2D eigenvalue weighted by Gasteiger charge is 2.19. The van der Waals surface area contributed by atoms with Gasteiger partial charge in [0.1, 0.15) is 9.65 Å². The summed E-state index contributed by atoms with van der Waals surface area (Å²) in [4.78, 5) is 23.4. The number of nitrogens with zero attached hydrogens (tertiary/aromatic N) is 2. The van der Waals surface area contributed by atoms with Gasteiger partial charge in [0.2, 0.25) is 5.84 Å². The molecule has 0 aliphatic rings. The van der Waals surface area contributed by atoms with E-state index in [0.717, 1.165) is 12.7 Å². The number of halogens is 4. The Kier molecular flexibility index (Phi) is 19.1. The molecule has 2 aromatic rings. The molecule has 0 aliphatic carbocycles. The van der Waals surface area contributed by atoms with E-state index in [1.807, 2.05) is 12.1 Å². The van der Waals surface area contributed by atoms with Crippen LogP contribution in [-0.4, -0.2) is 55.1 Å². The number of hydrogen-bond acceptors (Lipinski definition) is 4. The van der Waals surface area contributed by atoms with Crippen molar-refractivity contribution in [2.75, 3.05) is 14.2 Å². The zero-order valence-corrected chi connectivity index (χ0v) is 25.1. The van der Waals surface area contributed by atoms with Gasteiger partial charge in [-0.3, -0.25) is 9.59 Å². The average molecular weight is 659 g/mol. The van der Waals surface area contributed by atoms with Gasteiger partial charge in [0.25, 0.3) is 0 Å². The van der Waals surface area contributed by atoms with E-state index in [4.69, 9.17) is 38.9 Å². The highest BCUT2D eigenvalue weighted by atomic mass is 79.9. The highest BCUT2D eigenvalue weighted by Crippen LogP contribution is 2.30. The molecule has 0 bridgehead atoms. The van der Waals surface area contributed by atoms with Gasteiger partial charge >= 0.3 is 11.9 Å². The molecule has 0 fully saturated rings. The molecule has 7 nitrogen and oxygen atoms in total. The van der Waals surface area contributed by atoms with Crippen molar-refractivity contribution in [1.29, 1.82) is 0 Å². The number of carboxylic acids is 1. The van der Waals surface area contributed by atoms with E-state index in [2.05, 4.69) is 61.0 Å². The third kappa shape index (κ3) is 14.7. The number of carbonyl (C=O) groups excluding carboxylic acids is 1. The first-order chi connectivity index (χ1) is 15.9. The molecule has 12 heteroatoms. The van der Waals surface area contributed by atoms with Crippen LogP contribution >= 0.6 is 55.1 Å². The van der Waals surface area contributed by atoms with Crippen LogP contribution in [0.3, 0.4) is 0 Å². The first kappa shape index (κ1) is 34.6. The van der Waals surface area contributed by atoms with E-state index < -0.39 is 23.7 Å². The zero-order valence-electron chi connectivity index (χ0n) is 19.4. The minimum absolute atomic E-state index is 0.354. The quantitative estimate of drug-likeness (QED) is 0.0939. The molecule has 34 heavy (non-hydrogen) atoms. The van der Waals surface area contributed by atoms with Crippen LogP contribution in [0, 0.1) is 0 Å². The van der Waals surface area contributed by atoms with E-state index in [1.165, 1.54) is 7.11 Å². The maximum absolute atomic E-state index is 11.1. The SMILES string of the molecule is CO.COC(=O)C(Br)c1ccccc1Cl.C[Si](C)(C)C=[N+]=[N-].O=C(O)C(Br)c1ccccc1Cl. The summed E-state index contributed by atoms with van der Waals surface area (Å²) in [6.45, 7) is 6.31. The lowest BCUT2D eigenvalue weighted by Gasteiger charge is -2.08. The average Bonchev–Trinajstić information content (AvgIpc) is 2.79. The smallest absolute Gasteiger partial charge is 0.324 e. The Morgan fingerprint density at radius 2 is 1.35 bits per heavy atom. The fraction of sp³-hybridized carbons (Fsp3) is 0.318. The van der Waals surface area contributed by atoms with E-state index in [-0.39, 0.29) is 5.97 Å². The molecule has 0 aliphatic heterocycles. The lowest BCUT2D eigenvalue weighted by atomic mass is 10.1. The second kappa shape index (κ2) is 18.8. The summed E-state index contributed by atoms with van der Waals surface area (Å²) in [6.07, 6.45) is 0. The molecule has 2 rings (SSSR count). The van der Waals surface area contributed by atoms with Crippen molar-refractivity contribution in [3.8, 4) is 0 Å². The Hall–Kier alpha value is -1.52. The monoisotopic (exact) mass is 656 g/mol. The van der Waals surface area contributed by atoms with Crippen molar-refractivity contribution in [3.05, 3.63) is 75.2 Å². The van der Waals surface area contributed by atoms with Gasteiger partial charge in [0.15, 0.2) is 8.07 Å². The van der Waals surface area contributed by atoms with Crippen molar-refractivity contribution >= 4 is 80.9 Å². The van der Waals surface area contributed by atoms with Crippen LogP contribution < -0.4 is 0 Å². The zero-order chi connectivity index (χ0) is 26.9. The first-order valence-corrected chi connectivity index (χ1v) is 15.7. The predicted molar refractivity (Wildman–Crippen MR) is 147 cm³/mol. The topological polar surface area (TPSA) is 120 Å². The molecule has 188 valence electrons. The largest absolute Gasteiger partial charge is 0.480 e. The van der Waals surface area contributed by atoms with Gasteiger partial charge in [-0.1, -0.05) is 111 Å². The second-order valence-corrected chi connectivity index (χ2v) is 14.9. The fourth-order valence-electron chi connectivity index (χ4n) is 1.90. The molecular formula is C22H28Br2Cl2N2O5Si. The Labute approximate surface area is 227 Å². The summed E-state index contributed by atoms with van der Waals surface area (Å²) in [5.74, 6) is 0.337. The van der Waals surface area contributed by atoms with Crippen LogP contribution in [-0.2, 0) is 14.3 Å². The Morgan fingerprint density at radius 1 is 0.971 bits per heavy atom. The standard InChI is InChI=1S/C9H8BrClO2.C8H6BrClO2.C4H10N2Si.CH4O/c1-13-9(12)8(10)6-4-2-3-5-7(6)11;9-7(8(11)12)5-3-1-2-4-6(5)10;1-7(2,3)4-6-5;1-2/h2-5,8H,1H3;1-4,7H,(H,11,12);4H,1-3H3;2H,1H3. The summed E-state index contributed by atoms with van der Waals surface area (Å²) in [5, 5.41) is 16.7. The number of aliphatic carboxylic acids is 1. The molecular weight excluding hydrogens is 631 g/mol. The Morgan fingerprint density at radius 3 is 1.62 bits per heavy atom. The van der Waals surface area contributed by atoms with Gasteiger partial charge in [-0.25, -0.2) is 0 Å². The molecule has 0 spiro atoms. The lowest BCUT2D eigenvalue weighted by Crippen LogP contribution is -2.22. The molecule has 2 N–H and O–H groups in total. The maximum Gasteiger partial charge on any atom is 0.324 e. The van der Waals surface area contributed by atoms with Crippen LogP contribution in [0.4, 0.5) is 0 Å². The van der Waals surface area contributed by atoms with Crippen LogP contribution in [0.1, 0.15) is 20.8 Å². The maximum atomic E-state index is 11.1. The molecule has 0 saturated heterocycles. The number of ether oxygens (including phenoxy) is 1. The van der Waals surface area contributed by atoms with Crippen LogP contribution in [0.5, 0.6) is 0 Å². The molecule has 2 atom stereocenters. The third-order valence-electron chi connectivity index (χ3n) is 3.43. The number of carboxylic acid groups (broad SMARTS) is 1. The summed E-state index contributed by atoms with van der Waals surface area (Å²) in [7, 11) is 1.14. The van der Waals surface area contributed by atoms with Crippen LogP contribution in [0.2, 0.25) is 29.7 Å². The molecule has 0 heterocycles. The molecule has 2 aromatic carbocycles. The minimum atomic E-state index is -1.20. The summed E-state index contributed by atoms with van der Waals surface area (Å²) < 4.78 is 4.58. The van der Waals surface area contributed by atoms with E-state index in [0.29, 0.717) is 15.6 Å². The molecule has 2 unspecified atom stereocenters. The third-order valence-corrected chi connectivity index (χ3v) is 6.76. The number of rotatable bonds is 5. The lowest BCUT2D eigenvalue weighted by molar-refractivity contribution is -0.140. The van der Waals surface area contributed by atoms with Gasteiger partial charge in [-0.05, 0) is 23.3 Å². The minimum Gasteiger partial charge on any atom is -0.480 e. The molecule has 0 aromatic heterocycles. The summed E-state index contributed by atoms with van der Waals surface area (Å²) in [6, 6.07) is 14.0. The molecule has 0 amide bonds. The number of alkyl halides is 2. The highest BCUT2D eigenvalue weighted by molar-refractivity contribution is 9.09. The fourth-order valence-corrected chi connectivity index (χ4v) is 3.98. The predicted octanol–water partition coefficient (Wildman–Crippen LogP) is 6.58. The number of aliphatic hydroxyl groups is 1. The second-order valence-electron chi connectivity index (χ2n) is 7.24. The van der Waals surface area contributed by atoms with Gasteiger partial charge < -0.3 is 20.5 Å². The van der Waals surface area contributed by atoms with Crippen molar-refractivity contribution in [2.45, 2.75) is 29.3 Å². The number of carbonyl (C=O) groups is 2. The Balaban J connectivity index is 0. The number of benzene rings is 2. The first-order valence-electron chi connectivity index (χ1n) is 9.56. The van der Waals surface area contributed by atoms with Gasteiger partial charge in [0.05, 0.1) is 7.11 Å². The molecule has 0 saturated carbocycles. The van der Waals surface area contributed by atoms with E-state index in [1.54, 1.807) is 42.2 Å². The normalized spacial score (nSPS) is 11.4. The molecule has 0 radical (unpaired) electrons. The Bertz CT molecular complexity index is 955. The van der Waals surface area contributed by atoms with Crippen LogP contribution in [0.15, 0.2) is 48.5 Å².